The molecule has 0 heterocycles. The number of carbonyl (C=O) groups excluding carboxylic acids is 1. The first-order chi connectivity index (χ1) is 26.2. The Labute approximate surface area is 333 Å². The van der Waals surface area contributed by atoms with Crippen molar-refractivity contribution in [2.75, 3.05) is 6.61 Å². The standard InChI is InChI=1S/C49H97NO3/c1-3-5-7-9-11-13-15-17-19-21-22-23-24-25-26-27-28-29-31-33-35-37-39-41-43-45-49(53)50-47(46-51)48(52)44-42-40-38-36-34-32-30-20-18-16-14-12-10-8-6-4-2/h42,44,47-48,51-52H,3-41,43,45-46H2,1-2H3,(H,50,53)/b44-42+. The van der Waals surface area contributed by atoms with Crippen LogP contribution in [0.2, 0.25) is 0 Å². The largest absolute Gasteiger partial charge is 0.394 e. The van der Waals surface area contributed by atoms with E-state index < -0.39 is 12.1 Å². The Morgan fingerprint density at radius 1 is 0.434 bits per heavy atom. The van der Waals surface area contributed by atoms with Gasteiger partial charge in [0.25, 0.3) is 0 Å². The minimum absolute atomic E-state index is 0.0578. The molecule has 0 saturated carbocycles. The Balaban J connectivity index is 3.46. The van der Waals surface area contributed by atoms with Crippen molar-refractivity contribution < 1.29 is 15.0 Å². The van der Waals surface area contributed by atoms with Gasteiger partial charge in [0.15, 0.2) is 0 Å². The summed E-state index contributed by atoms with van der Waals surface area (Å²) >= 11 is 0. The number of hydrogen-bond donors (Lipinski definition) is 3. The van der Waals surface area contributed by atoms with Gasteiger partial charge in [-0.2, -0.15) is 0 Å². The van der Waals surface area contributed by atoms with Crippen LogP contribution in [0.1, 0.15) is 277 Å². The molecule has 0 aromatic rings. The van der Waals surface area contributed by atoms with E-state index in [4.69, 9.17) is 0 Å². The lowest BCUT2D eigenvalue weighted by Crippen LogP contribution is -2.45. The van der Waals surface area contributed by atoms with Crippen LogP contribution in [0.4, 0.5) is 0 Å². The second-order valence-electron chi connectivity index (χ2n) is 16.9. The number of hydrogen-bond acceptors (Lipinski definition) is 3. The zero-order chi connectivity index (χ0) is 38.6. The molecular formula is C49H97NO3. The Kier molecular flexibility index (Phi) is 44.8. The molecule has 1 amide bonds. The van der Waals surface area contributed by atoms with Gasteiger partial charge in [0, 0.05) is 6.42 Å². The molecule has 0 fully saturated rings. The molecule has 0 aromatic carbocycles. The highest BCUT2D eigenvalue weighted by atomic mass is 16.3. The number of aliphatic hydroxyl groups is 2. The molecule has 0 spiro atoms. The summed E-state index contributed by atoms with van der Waals surface area (Å²) < 4.78 is 0. The maximum Gasteiger partial charge on any atom is 0.220 e. The average molecular weight is 748 g/mol. The van der Waals surface area contributed by atoms with Crippen LogP contribution in [-0.2, 0) is 4.79 Å². The highest BCUT2D eigenvalue weighted by Gasteiger charge is 2.18. The summed E-state index contributed by atoms with van der Waals surface area (Å²) in [7, 11) is 0. The van der Waals surface area contributed by atoms with E-state index in [2.05, 4.69) is 19.2 Å². The van der Waals surface area contributed by atoms with E-state index in [1.165, 1.54) is 231 Å². The Hall–Kier alpha value is -0.870. The molecule has 0 aliphatic rings. The average Bonchev–Trinajstić information content (AvgIpc) is 3.16. The summed E-state index contributed by atoms with van der Waals surface area (Å²) in [6.45, 7) is 4.34. The van der Waals surface area contributed by atoms with Gasteiger partial charge in [0.2, 0.25) is 5.91 Å². The monoisotopic (exact) mass is 748 g/mol. The normalized spacial score (nSPS) is 12.9. The van der Waals surface area contributed by atoms with Crippen LogP contribution in [-0.4, -0.2) is 34.9 Å². The molecule has 2 unspecified atom stereocenters. The first-order valence-electron chi connectivity index (χ1n) is 24.4. The van der Waals surface area contributed by atoms with Crippen LogP contribution < -0.4 is 5.32 Å². The summed E-state index contributed by atoms with van der Waals surface area (Å²) in [6, 6.07) is -0.616. The Morgan fingerprint density at radius 2 is 0.698 bits per heavy atom. The molecular weight excluding hydrogens is 651 g/mol. The van der Waals surface area contributed by atoms with E-state index in [-0.39, 0.29) is 12.5 Å². The number of carbonyl (C=O) groups is 1. The first kappa shape index (κ1) is 52.1. The van der Waals surface area contributed by atoms with E-state index in [0.29, 0.717) is 6.42 Å². The second kappa shape index (κ2) is 45.5. The van der Waals surface area contributed by atoms with Gasteiger partial charge in [-0.25, -0.2) is 0 Å². The van der Waals surface area contributed by atoms with Crippen molar-refractivity contribution in [3.05, 3.63) is 12.2 Å². The van der Waals surface area contributed by atoms with E-state index in [0.717, 1.165) is 25.7 Å². The fraction of sp³-hybridized carbons (Fsp3) is 0.939. The van der Waals surface area contributed by atoms with Crippen LogP contribution in [0.5, 0.6) is 0 Å². The quantitative estimate of drug-likeness (QED) is 0.0429. The van der Waals surface area contributed by atoms with Crippen molar-refractivity contribution in [2.45, 2.75) is 289 Å². The van der Waals surface area contributed by atoms with Crippen molar-refractivity contribution in [1.82, 2.24) is 5.32 Å². The van der Waals surface area contributed by atoms with Crippen molar-refractivity contribution in [1.29, 1.82) is 0 Å². The minimum Gasteiger partial charge on any atom is -0.394 e. The molecule has 53 heavy (non-hydrogen) atoms. The lowest BCUT2D eigenvalue weighted by molar-refractivity contribution is -0.123. The fourth-order valence-electron chi connectivity index (χ4n) is 7.77. The van der Waals surface area contributed by atoms with E-state index in [1.54, 1.807) is 6.08 Å². The van der Waals surface area contributed by atoms with Crippen LogP contribution in [0.3, 0.4) is 0 Å². The van der Waals surface area contributed by atoms with Crippen molar-refractivity contribution >= 4 is 5.91 Å². The predicted molar refractivity (Wildman–Crippen MR) is 235 cm³/mol. The van der Waals surface area contributed by atoms with E-state index in [9.17, 15) is 15.0 Å². The third-order valence-electron chi connectivity index (χ3n) is 11.5. The van der Waals surface area contributed by atoms with Gasteiger partial charge >= 0.3 is 0 Å². The molecule has 0 saturated heterocycles. The highest BCUT2D eigenvalue weighted by molar-refractivity contribution is 5.76. The third-order valence-corrected chi connectivity index (χ3v) is 11.5. The number of nitrogens with one attached hydrogen (secondary N) is 1. The Morgan fingerprint density at radius 3 is 0.981 bits per heavy atom. The molecule has 0 bridgehead atoms. The van der Waals surface area contributed by atoms with Gasteiger partial charge in [-0.15, -0.1) is 0 Å². The van der Waals surface area contributed by atoms with Gasteiger partial charge in [0.05, 0.1) is 18.8 Å². The molecule has 0 aliphatic carbocycles. The molecule has 2 atom stereocenters. The number of allylic oxidation sites excluding steroid dienone is 1. The lowest BCUT2D eigenvalue weighted by atomic mass is 10.0. The van der Waals surface area contributed by atoms with Crippen molar-refractivity contribution in [3.8, 4) is 0 Å². The van der Waals surface area contributed by atoms with Crippen molar-refractivity contribution in [3.63, 3.8) is 0 Å². The summed E-state index contributed by atoms with van der Waals surface area (Å²) in [5.41, 5.74) is 0. The molecule has 0 aliphatic heterocycles. The zero-order valence-electron chi connectivity index (χ0n) is 36.3. The number of rotatable bonds is 45. The fourth-order valence-corrected chi connectivity index (χ4v) is 7.77. The molecule has 0 aromatic heterocycles. The first-order valence-corrected chi connectivity index (χ1v) is 24.4. The number of aliphatic hydroxyl groups excluding tert-OH is 2. The number of unbranched alkanes of at least 4 members (excludes halogenated alkanes) is 38. The van der Waals surface area contributed by atoms with Gasteiger partial charge in [-0.05, 0) is 19.3 Å². The SMILES string of the molecule is CCCCCCCCCCCCCCCC/C=C/C(O)C(CO)NC(=O)CCCCCCCCCCCCCCCCCCCCCCCCCCC. The summed E-state index contributed by atoms with van der Waals surface area (Å²) in [5, 5.41) is 23.1. The molecule has 4 heteroatoms. The van der Waals surface area contributed by atoms with Crippen LogP contribution in [0.25, 0.3) is 0 Å². The van der Waals surface area contributed by atoms with Gasteiger partial charge in [0.1, 0.15) is 0 Å². The summed E-state index contributed by atoms with van der Waals surface area (Å²) in [6.07, 6.45) is 57.7. The third kappa shape index (κ3) is 42.1. The van der Waals surface area contributed by atoms with E-state index >= 15 is 0 Å². The minimum atomic E-state index is -0.834. The predicted octanol–water partition coefficient (Wildman–Crippen LogP) is 15.4. The summed E-state index contributed by atoms with van der Waals surface area (Å²) in [4.78, 5) is 12.4. The van der Waals surface area contributed by atoms with Crippen LogP contribution >= 0.6 is 0 Å². The molecule has 316 valence electrons. The van der Waals surface area contributed by atoms with Crippen LogP contribution in [0.15, 0.2) is 12.2 Å². The lowest BCUT2D eigenvalue weighted by Gasteiger charge is -2.20. The highest BCUT2D eigenvalue weighted by Crippen LogP contribution is 2.17. The van der Waals surface area contributed by atoms with Gasteiger partial charge in [-0.3, -0.25) is 4.79 Å². The number of amides is 1. The molecule has 0 radical (unpaired) electrons. The zero-order valence-corrected chi connectivity index (χ0v) is 36.3. The van der Waals surface area contributed by atoms with E-state index in [1.807, 2.05) is 6.08 Å². The topological polar surface area (TPSA) is 69.6 Å². The smallest absolute Gasteiger partial charge is 0.220 e. The molecule has 3 N–H and O–H groups in total. The van der Waals surface area contributed by atoms with Crippen LogP contribution in [0, 0.1) is 0 Å². The Bertz CT molecular complexity index is 725. The second-order valence-corrected chi connectivity index (χ2v) is 16.9. The summed E-state index contributed by atoms with van der Waals surface area (Å²) in [5.74, 6) is -0.0578. The molecule has 4 nitrogen and oxygen atoms in total. The van der Waals surface area contributed by atoms with Crippen molar-refractivity contribution in [2.24, 2.45) is 0 Å². The molecule has 0 rings (SSSR count). The van der Waals surface area contributed by atoms with Gasteiger partial charge in [-0.1, -0.05) is 264 Å². The maximum absolute atomic E-state index is 12.4. The maximum atomic E-state index is 12.4. The van der Waals surface area contributed by atoms with Gasteiger partial charge < -0.3 is 15.5 Å².